The van der Waals surface area contributed by atoms with Gasteiger partial charge in [0.05, 0.1) is 0 Å². The van der Waals surface area contributed by atoms with E-state index in [-0.39, 0.29) is 0 Å². The molecule has 58 valence electrons. The van der Waals surface area contributed by atoms with Crippen molar-refractivity contribution in [3.8, 4) is 0 Å². The van der Waals surface area contributed by atoms with E-state index >= 15 is 0 Å². The van der Waals surface area contributed by atoms with E-state index in [1.54, 1.807) is 0 Å². The monoisotopic (exact) mass is 138 g/mol. The van der Waals surface area contributed by atoms with Gasteiger partial charge in [-0.3, -0.25) is 0 Å². The summed E-state index contributed by atoms with van der Waals surface area (Å²) in [6.07, 6.45) is 3.53. The van der Waals surface area contributed by atoms with Gasteiger partial charge in [-0.2, -0.15) is 0 Å². The Morgan fingerprint density at radius 1 is 1.30 bits per heavy atom. The van der Waals surface area contributed by atoms with Crippen LogP contribution in [0.5, 0.6) is 0 Å². The molecule has 1 fully saturated rings. The number of hydrogen-bond donors (Lipinski definition) is 0. The maximum absolute atomic E-state index is 3.82. The third-order valence-corrected chi connectivity index (χ3v) is 2.79. The predicted octanol–water partition coefficient (Wildman–Crippen LogP) is 3.10. The molecule has 0 aromatic heterocycles. The summed E-state index contributed by atoms with van der Waals surface area (Å²) in [6.45, 7) is 10.7. The summed E-state index contributed by atoms with van der Waals surface area (Å²) in [5.41, 5.74) is 0. The SMILES string of the molecule is C=CC(C)C1CC1C(C)C. The van der Waals surface area contributed by atoms with E-state index in [0.717, 1.165) is 23.7 Å². The van der Waals surface area contributed by atoms with Crippen molar-refractivity contribution in [3.05, 3.63) is 12.7 Å². The Labute approximate surface area is 64.3 Å². The molecule has 0 heteroatoms. The maximum Gasteiger partial charge on any atom is -0.0233 e. The standard InChI is InChI=1S/C10H18/c1-5-8(4)10-6-9(10)7(2)3/h5,7-10H,1,6H2,2-4H3. The van der Waals surface area contributed by atoms with Crippen molar-refractivity contribution in [1.82, 2.24) is 0 Å². The summed E-state index contributed by atoms with van der Waals surface area (Å²) in [4.78, 5) is 0. The second kappa shape index (κ2) is 2.77. The van der Waals surface area contributed by atoms with E-state index in [4.69, 9.17) is 0 Å². The highest BCUT2D eigenvalue weighted by Crippen LogP contribution is 2.48. The average molecular weight is 138 g/mol. The van der Waals surface area contributed by atoms with E-state index in [1.165, 1.54) is 6.42 Å². The third-order valence-electron chi connectivity index (χ3n) is 2.79. The van der Waals surface area contributed by atoms with Crippen LogP contribution in [-0.2, 0) is 0 Å². The van der Waals surface area contributed by atoms with Gasteiger partial charge in [-0.15, -0.1) is 6.58 Å². The first kappa shape index (κ1) is 7.84. The maximum atomic E-state index is 3.82. The van der Waals surface area contributed by atoms with Crippen LogP contribution in [0.4, 0.5) is 0 Å². The number of hydrogen-bond acceptors (Lipinski definition) is 0. The van der Waals surface area contributed by atoms with Crippen LogP contribution in [0.2, 0.25) is 0 Å². The Balaban J connectivity index is 2.31. The largest absolute Gasteiger partial charge is 0.103 e. The van der Waals surface area contributed by atoms with Gasteiger partial charge in [-0.25, -0.2) is 0 Å². The van der Waals surface area contributed by atoms with Gasteiger partial charge in [0.1, 0.15) is 0 Å². The molecule has 0 N–H and O–H groups in total. The molecule has 3 unspecified atom stereocenters. The fourth-order valence-corrected chi connectivity index (χ4v) is 1.78. The lowest BCUT2D eigenvalue weighted by atomic mass is 10.00. The van der Waals surface area contributed by atoms with Crippen LogP contribution in [0.15, 0.2) is 12.7 Å². The molecule has 0 aromatic carbocycles. The summed E-state index contributed by atoms with van der Waals surface area (Å²) in [7, 11) is 0. The van der Waals surface area contributed by atoms with Gasteiger partial charge >= 0.3 is 0 Å². The zero-order chi connectivity index (χ0) is 7.72. The van der Waals surface area contributed by atoms with E-state index in [0.29, 0.717) is 0 Å². The molecule has 0 saturated heterocycles. The molecule has 1 saturated carbocycles. The lowest BCUT2D eigenvalue weighted by Crippen LogP contribution is -1.98. The molecule has 0 spiro atoms. The Bertz CT molecular complexity index is 124. The first-order valence-corrected chi connectivity index (χ1v) is 4.29. The summed E-state index contributed by atoms with van der Waals surface area (Å²) < 4.78 is 0. The molecule has 3 atom stereocenters. The van der Waals surface area contributed by atoms with Gasteiger partial charge in [0.2, 0.25) is 0 Å². The molecule has 0 heterocycles. The third kappa shape index (κ3) is 1.42. The molecule has 0 nitrogen and oxygen atoms in total. The van der Waals surface area contributed by atoms with Gasteiger partial charge < -0.3 is 0 Å². The van der Waals surface area contributed by atoms with Gasteiger partial charge in [0.25, 0.3) is 0 Å². The Hall–Kier alpha value is -0.260. The van der Waals surface area contributed by atoms with Crippen LogP contribution in [0.25, 0.3) is 0 Å². The van der Waals surface area contributed by atoms with Crippen LogP contribution in [0, 0.1) is 23.7 Å². The molecule has 0 amide bonds. The van der Waals surface area contributed by atoms with Crippen molar-refractivity contribution >= 4 is 0 Å². The summed E-state index contributed by atoms with van der Waals surface area (Å²) in [5, 5.41) is 0. The van der Waals surface area contributed by atoms with E-state index in [9.17, 15) is 0 Å². The predicted molar refractivity (Wildman–Crippen MR) is 45.8 cm³/mol. The molecular weight excluding hydrogens is 120 g/mol. The first-order chi connectivity index (χ1) is 4.66. The molecule has 1 aliphatic rings. The second-order valence-corrected chi connectivity index (χ2v) is 3.90. The summed E-state index contributed by atoms with van der Waals surface area (Å²) >= 11 is 0. The zero-order valence-electron chi connectivity index (χ0n) is 7.30. The van der Waals surface area contributed by atoms with Gasteiger partial charge in [0, 0.05) is 0 Å². The van der Waals surface area contributed by atoms with E-state index < -0.39 is 0 Å². The van der Waals surface area contributed by atoms with Crippen LogP contribution < -0.4 is 0 Å². The van der Waals surface area contributed by atoms with Crippen molar-refractivity contribution in [3.63, 3.8) is 0 Å². The zero-order valence-corrected chi connectivity index (χ0v) is 7.30. The van der Waals surface area contributed by atoms with Gasteiger partial charge in [-0.05, 0) is 30.1 Å². The lowest BCUT2D eigenvalue weighted by Gasteiger charge is -2.06. The topological polar surface area (TPSA) is 0 Å². The molecule has 0 bridgehead atoms. The van der Waals surface area contributed by atoms with Crippen LogP contribution in [0.3, 0.4) is 0 Å². The minimum absolute atomic E-state index is 0.743. The number of rotatable bonds is 3. The van der Waals surface area contributed by atoms with Crippen molar-refractivity contribution in [1.29, 1.82) is 0 Å². The fourth-order valence-electron chi connectivity index (χ4n) is 1.78. The molecule has 10 heavy (non-hydrogen) atoms. The second-order valence-electron chi connectivity index (χ2n) is 3.90. The van der Waals surface area contributed by atoms with Crippen LogP contribution >= 0.6 is 0 Å². The number of allylic oxidation sites excluding steroid dienone is 1. The summed E-state index contributed by atoms with van der Waals surface area (Å²) in [6, 6.07) is 0. The highest BCUT2D eigenvalue weighted by Gasteiger charge is 2.41. The van der Waals surface area contributed by atoms with Gasteiger partial charge in [-0.1, -0.05) is 26.8 Å². The lowest BCUT2D eigenvalue weighted by molar-refractivity contribution is 0.472. The highest BCUT2D eigenvalue weighted by atomic mass is 14.5. The highest BCUT2D eigenvalue weighted by molar-refractivity contribution is 4.96. The quantitative estimate of drug-likeness (QED) is 0.526. The normalized spacial score (nSPS) is 34.0. The van der Waals surface area contributed by atoms with Crippen molar-refractivity contribution < 1.29 is 0 Å². The smallest absolute Gasteiger partial charge is 0.0233 e. The van der Waals surface area contributed by atoms with Gasteiger partial charge in [0.15, 0.2) is 0 Å². The van der Waals surface area contributed by atoms with E-state index in [2.05, 4.69) is 33.4 Å². The summed E-state index contributed by atoms with van der Waals surface area (Å²) in [5.74, 6) is 3.57. The fraction of sp³-hybridized carbons (Fsp3) is 0.800. The Kier molecular flexibility index (Phi) is 2.18. The molecular formula is C10H18. The molecule has 1 rings (SSSR count). The van der Waals surface area contributed by atoms with Crippen molar-refractivity contribution in [2.24, 2.45) is 23.7 Å². The van der Waals surface area contributed by atoms with Crippen molar-refractivity contribution in [2.45, 2.75) is 27.2 Å². The average Bonchev–Trinajstić information content (AvgIpc) is 2.64. The molecule has 1 aliphatic carbocycles. The minimum Gasteiger partial charge on any atom is -0.103 e. The Morgan fingerprint density at radius 2 is 1.90 bits per heavy atom. The van der Waals surface area contributed by atoms with Crippen LogP contribution in [0.1, 0.15) is 27.2 Å². The first-order valence-electron chi connectivity index (χ1n) is 4.29. The minimum atomic E-state index is 0.743. The van der Waals surface area contributed by atoms with Crippen LogP contribution in [-0.4, -0.2) is 0 Å². The van der Waals surface area contributed by atoms with Crippen molar-refractivity contribution in [2.75, 3.05) is 0 Å². The van der Waals surface area contributed by atoms with E-state index in [1.807, 2.05) is 0 Å². The molecule has 0 radical (unpaired) electrons. The molecule has 0 aliphatic heterocycles. The molecule has 0 aromatic rings. The Morgan fingerprint density at radius 3 is 2.20 bits per heavy atom.